The van der Waals surface area contributed by atoms with Crippen LogP contribution >= 0.6 is 11.8 Å². The van der Waals surface area contributed by atoms with Crippen molar-refractivity contribution in [2.45, 2.75) is 50.5 Å². The zero-order valence-electron chi connectivity index (χ0n) is 11.5. The van der Waals surface area contributed by atoms with Crippen molar-refractivity contribution in [3.05, 3.63) is 35.4 Å². The van der Waals surface area contributed by atoms with Gasteiger partial charge >= 0.3 is 0 Å². The molecule has 0 radical (unpaired) electrons. The van der Waals surface area contributed by atoms with Gasteiger partial charge in [0.05, 0.1) is 0 Å². The molecule has 96 valence electrons. The Balaban J connectivity index is 2.51. The minimum absolute atomic E-state index is 0.249. The van der Waals surface area contributed by atoms with E-state index in [0.29, 0.717) is 5.25 Å². The molecule has 1 aromatic rings. The van der Waals surface area contributed by atoms with Gasteiger partial charge in [-0.15, -0.1) is 0 Å². The summed E-state index contributed by atoms with van der Waals surface area (Å²) in [5.41, 5.74) is 8.61. The first-order chi connectivity index (χ1) is 7.93. The number of thioether (sulfide) groups is 1. The Morgan fingerprint density at radius 2 is 1.76 bits per heavy atom. The molecular weight excluding hydrogens is 226 g/mol. The summed E-state index contributed by atoms with van der Waals surface area (Å²) >= 11 is 1.99. The predicted octanol–water partition coefficient (Wildman–Crippen LogP) is 3.95. The largest absolute Gasteiger partial charge is 0.330 e. The summed E-state index contributed by atoms with van der Waals surface area (Å²) in [7, 11) is 0. The van der Waals surface area contributed by atoms with E-state index >= 15 is 0 Å². The Labute approximate surface area is 110 Å². The molecule has 0 bridgehead atoms. The van der Waals surface area contributed by atoms with Crippen LogP contribution in [0.2, 0.25) is 0 Å². The smallest absolute Gasteiger partial charge is 0.0187 e. The van der Waals surface area contributed by atoms with Crippen molar-refractivity contribution < 1.29 is 0 Å². The van der Waals surface area contributed by atoms with Crippen LogP contribution in [-0.4, -0.2) is 11.8 Å². The average Bonchev–Trinajstić information content (AvgIpc) is 2.26. The summed E-state index contributed by atoms with van der Waals surface area (Å²) in [4.78, 5) is 0. The highest BCUT2D eigenvalue weighted by Crippen LogP contribution is 2.24. The van der Waals surface area contributed by atoms with Gasteiger partial charge in [-0.2, -0.15) is 11.8 Å². The van der Waals surface area contributed by atoms with Crippen molar-refractivity contribution in [2.24, 2.45) is 5.73 Å². The molecule has 0 saturated carbocycles. The standard InChI is InChI=1S/C15H25NS/c1-12(9-10-16)17-11-13-5-7-14(8-6-13)15(2,3)4/h5-8,12H,9-11,16H2,1-4H3. The van der Waals surface area contributed by atoms with Crippen LogP contribution in [-0.2, 0) is 11.2 Å². The molecule has 1 nitrogen and oxygen atoms in total. The number of benzene rings is 1. The third-order valence-electron chi connectivity index (χ3n) is 2.93. The Kier molecular flexibility index (Phi) is 5.54. The molecule has 0 aliphatic heterocycles. The van der Waals surface area contributed by atoms with Gasteiger partial charge in [0.15, 0.2) is 0 Å². The van der Waals surface area contributed by atoms with E-state index in [0.717, 1.165) is 18.7 Å². The van der Waals surface area contributed by atoms with Gasteiger partial charge in [-0.3, -0.25) is 0 Å². The Morgan fingerprint density at radius 1 is 1.18 bits per heavy atom. The van der Waals surface area contributed by atoms with Gasteiger partial charge in [0.1, 0.15) is 0 Å². The van der Waals surface area contributed by atoms with Crippen LogP contribution in [0.4, 0.5) is 0 Å². The van der Waals surface area contributed by atoms with Crippen LogP contribution in [0.15, 0.2) is 24.3 Å². The molecule has 0 saturated heterocycles. The van der Waals surface area contributed by atoms with Crippen LogP contribution < -0.4 is 5.73 Å². The normalized spacial score (nSPS) is 13.7. The zero-order valence-corrected chi connectivity index (χ0v) is 12.3. The van der Waals surface area contributed by atoms with E-state index in [1.54, 1.807) is 0 Å². The first-order valence-electron chi connectivity index (χ1n) is 6.34. The lowest BCUT2D eigenvalue weighted by Crippen LogP contribution is -2.10. The van der Waals surface area contributed by atoms with Crippen LogP contribution in [0.25, 0.3) is 0 Å². The lowest BCUT2D eigenvalue weighted by Gasteiger charge is -2.19. The summed E-state index contributed by atoms with van der Waals surface area (Å²) < 4.78 is 0. The number of nitrogens with two attached hydrogens (primary N) is 1. The summed E-state index contributed by atoms with van der Waals surface area (Å²) in [5.74, 6) is 1.09. The maximum absolute atomic E-state index is 5.55. The summed E-state index contributed by atoms with van der Waals surface area (Å²) in [6.07, 6.45) is 1.10. The van der Waals surface area contributed by atoms with Crippen molar-refractivity contribution in [3.8, 4) is 0 Å². The fourth-order valence-corrected chi connectivity index (χ4v) is 2.63. The average molecular weight is 251 g/mol. The Morgan fingerprint density at radius 3 is 2.24 bits per heavy atom. The molecule has 1 atom stereocenters. The Bertz CT molecular complexity index is 324. The van der Waals surface area contributed by atoms with Gasteiger partial charge in [0.2, 0.25) is 0 Å². The van der Waals surface area contributed by atoms with Gasteiger partial charge < -0.3 is 5.73 Å². The lowest BCUT2D eigenvalue weighted by atomic mass is 9.87. The second kappa shape index (κ2) is 6.46. The molecule has 0 aliphatic rings. The Hall–Kier alpha value is -0.470. The fraction of sp³-hybridized carbons (Fsp3) is 0.600. The predicted molar refractivity (Wildman–Crippen MR) is 79.6 cm³/mol. The molecule has 0 amide bonds. The van der Waals surface area contributed by atoms with Gasteiger partial charge in [-0.05, 0) is 29.5 Å². The highest BCUT2D eigenvalue weighted by atomic mass is 32.2. The van der Waals surface area contributed by atoms with Gasteiger partial charge in [-0.25, -0.2) is 0 Å². The van der Waals surface area contributed by atoms with Gasteiger partial charge in [0, 0.05) is 11.0 Å². The summed E-state index contributed by atoms with van der Waals surface area (Å²) in [5, 5.41) is 0.655. The fourth-order valence-electron chi connectivity index (χ4n) is 1.66. The quantitative estimate of drug-likeness (QED) is 0.857. The van der Waals surface area contributed by atoms with Crippen molar-refractivity contribution in [1.82, 2.24) is 0 Å². The van der Waals surface area contributed by atoms with Crippen molar-refractivity contribution >= 4 is 11.8 Å². The maximum atomic E-state index is 5.55. The van der Waals surface area contributed by atoms with Crippen molar-refractivity contribution in [1.29, 1.82) is 0 Å². The van der Waals surface area contributed by atoms with Crippen LogP contribution in [0.1, 0.15) is 45.2 Å². The molecule has 1 aromatic carbocycles. The third kappa shape index (κ3) is 5.13. The second-order valence-electron chi connectivity index (χ2n) is 5.65. The van der Waals surface area contributed by atoms with E-state index in [1.165, 1.54) is 11.1 Å². The summed E-state index contributed by atoms with van der Waals surface area (Å²) in [6.45, 7) is 9.79. The first kappa shape index (κ1) is 14.6. The number of hydrogen-bond acceptors (Lipinski definition) is 2. The SMILES string of the molecule is CC(CCN)SCc1ccc(C(C)(C)C)cc1. The topological polar surface area (TPSA) is 26.0 Å². The molecule has 1 unspecified atom stereocenters. The molecule has 0 aliphatic carbocycles. The van der Waals surface area contributed by atoms with Crippen molar-refractivity contribution in [2.75, 3.05) is 6.54 Å². The molecule has 1 rings (SSSR count). The molecule has 0 spiro atoms. The van der Waals surface area contributed by atoms with E-state index in [2.05, 4.69) is 52.0 Å². The van der Waals surface area contributed by atoms with Crippen molar-refractivity contribution in [3.63, 3.8) is 0 Å². The first-order valence-corrected chi connectivity index (χ1v) is 7.39. The maximum Gasteiger partial charge on any atom is 0.0187 e. The minimum Gasteiger partial charge on any atom is -0.330 e. The van der Waals surface area contributed by atoms with E-state index in [9.17, 15) is 0 Å². The second-order valence-corrected chi connectivity index (χ2v) is 7.07. The van der Waals surface area contributed by atoms with Crippen LogP contribution in [0.5, 0.6) is 0 Å². The summed E-state index contributed by atoms with van der Waals surface area (Å²) in [6, 6.07) is 9.01. The zero-order chi connectivity index (χ0) is 12.9. The van der Waals surface area contributed by atoms with E-state index in [4.69, 9.17) is 5.73 Å². The van der Waals surface area contributed by atoms with E-state index in [1.807, 2.05) is 11.8 Å². The molecule has 2 N–H and O–H groups in total. The number of rotatable bonds is 5. The number of hydrogen-bond donors (Lipinski definition) is 1. The third-order valence-corrected chi connectivity index (χ3v) is 4.23. The van der Waals surface area contributed by atoms with Gasteiger partial charge in [-0.1, -0.05) is 52.0 Å². The van der Waals surface area contributed by atoms with E-state index in [-0.39, 0.29) is 5.41 Å². The highest BCUT2D eigenvalue weighted by molar-refractivity contribution is 7.99. The molecule has 0 heterocycles. The van der Waals surface area contributed by atoms with Crippen LogP contribution in [0, 0.1) is 0 Å². The van der Waals surface area contributed by atoms with Crippen LogP contribution in [0.3, 0.4) is 0 Å². The molecular formula is C15H25NS. The molecule has 0 aromatic heterocycles. The molecule has 2 heteroatoms. The molecule has 17 heavy (non-hydrogen) atoms. The lowest BCUT2D eigenvalue weighted by molar-refractivity contribution is 0.590. The molecule has 0 fully saturated rings. The van der Waals surface area contributed by atoms with Gasteiger partial charge in [0.25, 0.3) is 0 Å². The monoisotopic (exact) mass is 251 g/mol. The van der Waals surface area contributed by atoms with E-state index < -0.39 is 0 Å². The minimum atomic E-state index is 0.249. The highest BCUT2D eigenvalue weighted by Gasteiger charge is 2.12.